The molecule has 0 saturated heterocycles. The molecule has 2 N–H and O–H groups in total. The average molecular weight is 279 g/mol. The van der Waals surface area contributed by atoms with E-state index in [4.69, 9.17) is 22.7 Å². The molecule has 0 radical (unpaired) electrons. The summed E-state index contributed by atoms with van der Waals surface area (Å²) in [6, 6.07) is 6.62. The highest BCUT2D eigenvalue weighted by Crippen LogP contribution is 2.15. The Morgan fingerprint density at radius 1 is 1.17 bits per heavy atom. The van der Waals surface area contributed by atoms with Gasteiger partial charge < -0.3 is 15.2 Å². The highest BCUT2D eigenvalue weighted by Gasteiger charge is 2.27. The molecule has 100 valence electrons. The molecule has 0 saturated carbocycles. The Labute approximate surface area is 108 Å². The number of thiocarbonyl (C=S) groups is 1. The average Bonchev–Trinajstić information content (AvgIpc) is 2.27. The maximum absolute atomic E-state index is 11.7. The minimum atomic E-state index is -4.31. The number of alkyl halides is 3. The minimum absolute atomic E-state index is 0.0441. The van der Waals surface area contributed by atoms with Crippen molar-refractivity contribution in [1.82, 2.24) is 0 Å². The van der Waals surface area contributed by atoms with Crippen LogP contribution in [0.5, 0.6) is 5.75 Å². The van der Waals surface area contributed by atoms with Gasteiger partial charge in [0.15, 0.2) is 0 Å². The Morgan fingerprint density at radius 3 is 2.28 bits per heavy atom. The van der Waals surface area contributed by atoms with E-state index < -0.39 is 12.8 Å². The van der Waals surface area contributed by atoms with Crippen LogP contribution in [0, 0.1) is 0 Å². The fraction of sp³-hybridized carbons (Fsp3) is 0.364. The molecule has 0 aliphatic rings. The summed E-state index contributed by atoms with van der Waals surface area (Å²) in [5.41, 5.74) is 6.11. The topological polar surface area (TPSA) is 44.5 Å². The van der Waals surface area contributed by atoms with Gasteiger partial charge in [0.2, 0.25) is 0 Å². The molecule has 7 heteroatoms. The molecule has 0 unspecified atom stereocenters. The van der Waals surface area contributed by atoms with Gasteiger partial charge in [-0.25, -0.2) is 0 Å². The third-order valence-electron chi connectivity index (χ3n) is 1.90. The van der Waals surface area contributed by atoms with Gasteiger partial charge in [-0.1, -0.05) is 12.2 Å². The second-order valence-corrected chi connectivity index (χ2v) is 3.84. The third kappa shape index (κ3) is 5.83. The first-order valence-electron chi connectivity index (χ1n) is 5.05. The van der Waals surface area contributed by atoms with E-state index in [1.165, 1.54) is 0 Å². The van der Waals surface area contributed by atoms with Crippen LogP contribution >= 0.6 is 12.2 Å². The van der Waals surface area contributed by atoms with Gasteiger partial charge in [0.1, 0.15) is 24.0 Å². The second kappa shape index (κ2) is 6.55. The predicted octanol–water partition coefficient (Wildman–Crippen LogP) is 2.28. The molecule has 0 aromatic heterocycles. The smallest absolute Gasteiger partial charge is 0.411 e. The fourth-order valence-corrected chi connectivity index (χ4v) is 1.26. The van der Waals surface area contributed by atoms with Crippen molar-refractivity contribution in [1.29, 1.82) is 0 Å². The molecule has 1 aromatic carbocycles. The monoisotopic (exact) mass is 279 g/mol. The van der Waals surface area contributed by atoms with Gasteiger partial charge in [-0.2, -0.15) is 13.2 Å². The number of hydrogen-bond donors (Lipinski definition) is 1. The van der Waals surface area contributed by atoms with Crippen LogP contribution in [0.15, 0.2) is 24.3 Å². The lowest BCUT2D eigenvalue weighted by molar-refractivity contribution is -0.175. The van der Waals surface area contributed by atoms with Crippen LogP contribution in [-0.4, -0.2) is 31.0 Å². The molecule has 0 atom stereocenters. The van der Waals surface area contributed by atoms with E-state index in [-0.39, 0.29) is 18.2 Å². The molecular weight excluding hydrogens is 267 g/mol. The van der Waals surface area contributed by atoms with Crippen LogP contribution in [0.2, 0.25) is 0 Å². The third-order valence-corrected chi connectivity index (χ3v) is 2.14. The predicted molar refractivity (Wildman–Crippen MR) is 64.7 cm³/mol. The molecule has 0 bridgehead atoms. The first-order valence-corrected chi connectivity index (χ1v) is 5.46. The summed E-state index contributed by atoms with van der Waals surface area (Å²) in [4.78, 5) is 0.273. The quantitative estimate of drug-likeness (QED) is 0.641. The summed E-state index contributed by atoms with van der Waals surface area (Å²) in [7, 11) is 0. The molecule has 3 nitrogen and oxygen atoms in total. The molecular formula is C11H12F3NO2S. The van der Waals surface area contributed by atoms with Crippen LogP contribution in [0.3, 0.4) is 0 Å². The summed E-state index contributed by atoms with van der Waals surface area (Å²) >= 11 is 4.77. The Bertz CT molecular complexity index is 392. The largest absolute Gasteiger partial charge is 0.491 e. The molecule has 0 heterocycles. The summed E-state index contributed by atoms with van der Waals surface area (Å²) in [6.07, 6.45) is -4.31. The normalized spacial score (nSPS) is 11.3. The number of nitrogens with two attached hydrogens (primary N) is 1. The van der Waals surface area contributed by atoms with Crippen molar-refractivity contribution >= 4 is 17.2 Å². The van der Waals surface area contributed by atoms with Crippen molar-refractivity contribution in [2.75, 3.05) is 19.8 Å². The zero-order valence-corrected chi connectivity index (χ0v) is 10.2. The van der Waals surface area contributed by atoms with Gasteiger partial charge in [0, 0.05) is 5.56 Å². The van der Waals surface area contributed by atoms with Crippen molar-refractivity contribution in [2.45, 2.75) is 6.18 Å². The molecule has 0 amide bonds. The zero-order chi connectivity index (χ0) is 13.6. The van der Waals surface area contributed by atoms with Crippen LogP contribution in [0.4, 0.5) is 13.2 Å². The van der Waals surface area contributed by atoms with Crippen LogP contribution < -0.4 is 10.5 Å². The number of benzene rings is 1. The van der Waals surface area contributed by atoms with Gasteiger partial charge >= 0.3 is 6.18 Å². The van der Waals surface area contributed by atoms with E-state index in [2.05, 4.69) is 4.74 Å². The summed E-state index contributed by atoms with van der Waals surface area (Å²) in [5.74, 6) is 0.519. The molecule has 18 heavy (non-hydrogen) atoms. The molecule has 0 spiro atoms. The lowest BCUT2D eigenvalue weighted by Crippen LogP contribution is -2.19. The first kappa shape index (κ1) is 14.7. The Balaban J connectivity index is 2.25. The molecule has 0 aliphatic heterocycles. The van der Waals surface area contributed by atoms with Gasteiger partial charge in [-0.15, -0.1) is 0 Å². The lowest BCUT2D eigenvalue weighted by Gasteiger charge is -2.09. The van der Waals surface area contributed by atoms with Gasteiger partial charge in [-0.05, 0) is 24.3 Å². The SMILES string of the molecule is NC(=S)c1ccc(OCCOCC(F)(F)F)cc1. The number of hydrogen-bond acceptors (Lipinski definition) is 3. The Kier molecular flexibility index (Phi) is 5.36. The maximum Gasteiger partial charge on any atom is 0.411 e. The van der Waals surface area contributed by atoms with Crippen molar-refractivity contribution < 1.29 is 22.6 Å². The molecule has 1 aromatic rings. The minimum Gasteiger partial charge on any atom is -0.491 e. The van der Waals surface area contributed by atoms with Gasteiger partial charge in [0.05, 0.1) is 6.61 Å². The summed E-state index contributed by atoms with van der Waals surface area (Å²) < 4.78 is 44.8. The van der Waals surface area contributed by atoms with Gasteiger partial charge in [0.25, 0.3) is 0 Å². The number of ether oxygens (including phenoxy) is 2. The Morgan fingerprint density at radius 2 is 1.78 bits per heavy atom. The highest BCUT2D eigenvalue weighted by molar-refractivity contribution is 7.80. The Hall–Kier alpha value is -1.34. The molecule has 1 rings (SSSR count). The van der Waals surface area contributed by atoms with E-state index in [0.717, 1.165) is 0 Å². The van der Waals surface area contributed by atoms with Crippen LogP contribution in [0.25, 0.3) is 0 Å². The summed E-state index contributed by atoms with van der Waals surface area (Å²) in [5, 5.41) is 0. The number of halogens is 3. The van der Waals surface area contributed by atoms with Crippen molar-refractivity contribution in [2.24, 2.45) is 5.73 Å². The van der Waals surface area contributed by atoms with Crippen LogP contribution in [-0.2, 0) is 4.74 Å². The highest BCUT2D eigenvalue weighted by atomic mass is 32.1. The van der Waals surface area contributed by atoms with E-state index in [1.807, 2.05) is 0 Å². The van der Waals surface area contributed by atoms with Gasteiger partial charge in [-0.3, -0.25) is 0 Å². The molecule has 0 aliphatic carbocycles. The van der Waals surface area contributed by atoms with Crippen molar-refractivity contribution in [3.8, 4) is 5.75 Å². The van der Waals surface area contributed by atoms with Crippen LogP contribution in [0.1, 0.15) is 5.56 Å². The van der Waals surface area contributed by atoms with E-state index in [9.17, 15) is 13.2 Å². The van der Waals surface area contributed by atoms with Crippen molar-refractivity contribution in [3.63, 3.8) is 0 Å². The standard InChI is InChI=1S/C11H12F3NO2S/c12-11(13,14)7-16-5-6-17-9-3-1-8(2-4-9)10(15)18/h1-4H,5-7H2,(H2,15,18). The van der Waals surface area contributed by atoms with Crippen molar-refractivity contribution in [3.05, 3.63) is 29.8 Å². The molecule has 0 fully saturated rings. The zero-order valence-electron chi connectivity index (χ0n) is 9.37. The first-order chi connectivity index (χ1) is 8.38. The van der Waals surface area contributed by atoms with E-state index in [0.29, 0.717) is 11.3 Å². The number of rotatable bonds is 6. The van der Waals surface area contributed by atoms with E-state index >= 15 is 0 Å². The second-order valence-electron chi connectivity index (χ2n) is 3.40. The maximum atomic E-state index is 11.7. The van der Waals surface area contributed by atoms with E-state index in [1.54, 1.807) is 24.3 Å². The lowest BCUT2D eigenvalue weighted by atomic mass is 10.2. The fourth-order valence-electron chi connectivity index (χ4n) is 1.12. The summed E-state index contributed by atoms with van der Waals surface area (Å²) in [6.45, 7) is -1.35.